The van der Waals surface area contributed by atoms with Gasteiger partial charge in [-0.15, -0.1) is 0 Å². The molecule has 5 heteroatoms. The maximum atomic E-state index is 8.48. The molecular weight excluding hydrogens is 373 g/mol. The smallest absolute Gasteiger partial charge is 1.00 e. The van der Waals surface area contributed by atoms with Crippen molar-refractivity contribution in [3.05, 3.63) is 35.9 Å². The first-order valence-corrected chi connectivity index (χ1v) is 11.4. The number of unbranched alkanes of at least 4 members (excludes halogenated alkanes) is 9. The summed E-state index contributed by atoms with van der Waals surface area (Å²) in [4.78, 5) is 1.79. The Morgan fingerprint density at radius 2 is 1.07 bits per heavy atom. The Kier molecular flexibility index (Phi) is 28.1. The summed E-state index contributed by atoms with van der Waals surface area (Å²) in [6.07, 6.45) is 15.5. The molecule has 0 amide bonds. The van der Waals surface area contributed by atoms with E-state index in [1.165, 1.54) is 76.2 Å². The minimum Gasteiger partial charge on any atom is -1.00 e. The second-order valence-corrected chi connectivity index (χ2v) is 7.43. The van der Waals surface area contributed by atoms with E-state index in [1.807, 2.05) is 0 Å². The van der Waals surface area contributed by atoms with Crippen molar-refractivity contribution in [3.63, 3.8) is 0 Å². The maximum Gasteiger partial charge on any atom is 1.00 e. The monoisotopic (exact) mass is 419 g/mol. The summed E-state index contributed by atoms with van der Waals surface area (Å²) in [5, 5.41) is 25.5. The van der Waals surface area contributed by atoms with Crippen LogP contribution in [-0.2, 0) is 6.42 Å². The third-order valence-electron chi connectivity index (χ3n) is 4.91. The van der Waals surface area contributed by atoms with Gasteiger partial charge >= 0.3 is 29.6 Å². The van der Waals surface area contributed by atoms with E-state index in [4.69, 9.17) is 15.3 Å². The van der Waals surface area contributed by atoms with E-state index in [0.29, 0.717) is 19.6 Å². The summed E-state index contributed by atoms with van der Waals surface area (Å²) in [7, 11) is 0. The first kappa shape index (κ1) is 31.2. The SMILES string of the molecule is CCCCCCCCCCCCc1ccccc1.OCCN(CCO)CCO.[H-].[Na+]. The molecule has 0 aliphatic rings. The number of rotatable bonds is 17. The molecule has 3 N–H and O–H groups in total. The summed E-state index contributed by atoms with van der Waals surface area (Å²) in [6.45, 7) is 4.04. The van der Waals surface area contributed by atoms with Crippen LogP contribution in [0.3, 0.4) is 0 Å². The van der Waals surface area contributed by atoms with Crippen molar-refractivity contribution in [2.24, 2.45) is 0 Å². The third-order valence-corrected chi connectivity index (χ3v) is 4.91. The molecule has 0 atom stereocenters. The summed E-state index contributed by atoms with van der Waals surface area (Å²) >= 11 is 0. The van der Waals surface area contributed by atoms with E-state index >= 15 is 0 Å². The first-order chi connectivity index (χ1) is 13.8. The van der Waals surface area contributed by atoms with Gasteiger partial charge in [0.15, 0.2) is 0 Å². The summed E-state index contributed by atoms with van der Waals surface area (Å²) in [6, 6.07) is 10.9. The fourth-order valence-electron chi connectivity index (χ4n) is 3.22. The van der Waals surface area contributed by atoms with Gasteiger partial charge in [-0.1, -0.05) is 95.0 Å². The van der Waals surface area contributed by atoms with E-state index in [1.54, 1.807) is 4.90 Å². The van der Waals surface area contributed by atoms with Crippen molar-refractivity contribution in [3.8, 4) is 0 Å². The molecule has 0 saturated carbocycles. The number of hydrogen-bond acceptors (Lipinski definition) is 4. The fourth-order valence-corrected chi connectivity index (χ4v) is 3.22. The number of aliphatic hydroxyl groups excluding tert-OH is 3. The Bertz CT molecular complexity index is 398. The van der Waals surface area contributed by atoms with E-state index in [9.17, 15) is 0 Å². The predicted molar refractivity (Wildman–Crippen MR) is 121 cm³/mol. The van der Waals surface area contributed by atoms with Gasteiger partial charge < -0.3 is 16.7 Å². The van der Waals surface area contributed by atoms with Gasteiger partial charge in [-0.05, 0) is 18.4 Å². The normalized spacial score (nSPS) is 10.4. The quantitative estimate of drug-likeness (QED) is 0.265. The van der Waals surface area contributed by atoms with Crippen LogP contribution in [0.15, 0.2) is 30.3 Å². The van der Waals surface area contributed by atoms with Crippen molar-refractivity contribution >= 4 is 0 Å². The van der Waals surface area contributed by atoms with Gasteiger partial charge in [0.2, 0.25) is 0 Å². The first-order valence-electron chi connectivity index (χ1n) is 11.4. The molecule has 0 heterocycles. The van der Waals surface area contributed by atoms with Crippen LogP contribution in [0.2, 0.25) is 0 Å². The van der Waals surface area contributed by atoms with E-state index in [0.717, 1.165) is 0 Å². The minimum absolute atomic E-state index is 0. The number of nitrogens with zero attached hydrogens (tertiary/aromatic N) is 1. The molecule has 0 aromatic heterocycles. The second-order valence-electron chi connectivity index (χ2n) is 7.43. The summed E-state index contributed by atoms with van der Waals surface area (Å²) in [5.74, 6) is 0. The van der Waals surface area contributed by atoms with Crippen LogP contribution < -0.4 is 29.6 Å². The molecule has 0 unspecified atom stereocenters. The van der Waals surface area contributed by atoms with Gasteiger partial charge in [0.05, 0.1) is 19.8 Å². The van der Waals surface area contributed by atoms with Crippen LogP contribution in [0.25, 0.3) is 0 Å². The van der Waals surface area contributed by atoms with Gasteiger partial charge in [-0.3, -0.25) is 4.90 Å². The van der Waals surface area contributed by atoms with Crippen LogP contribution in [0.4, 0.5) is 0 Å². The summed E-state index contributed by atoms with van der Waals surface area (Å²) < 4.78 is 0. The Morgan fingerprint density at radius 1 is 0.655 bits per heavy atom. The van der Waals surface area contributed by atoms with Crippen molar-refractivity contribution in [1.29, 1.82) is 0 Å². The number of hydrogen-bond donors (Lipinski definition) is 3. The van der Waals surface area contributed by atoms with Gasteiger partial charge in [0, 0.05) is 19.6 Å². The molecule has 0 aliphatic carbocycles. The molecule has 1 aromatic rings. The minimum atomic E-state index is 0. The van der Waals surface area contributed by atoms with Gasteiger partial charge in [0.1, 0.15) is 0 Å². The van der Waals surface area contributed by atoms with Crippen molar-refractivity contribution in [2.45, 2.75) is 77.6 Å². The van der Waals surface area contributed by atoms with Crippen LogP contribution in [0.1, 0.15) is 78.1 Å². The molecule has 0 aliphatic heterocycles. The Morgan fingerprint density at radius 3 is 1.48 bits per heavy atom. The molecule has 1 aromatic carbocycles. The van der Waals surface area contributed by atoms with Gasteiger partial charge in [-0.25, -0.2) is 0 Å². The van der Waals surface area contributed by atoms with Gasteiger partial charge in [-0.2, -0.15) is 0 Å². The molecule has 4 nitrogen and oxygen atoms in total. The van der Waals surface area contributed by atoms with E-state index < -0.39 is 0 Å². The molecule has 0 fully saturated rings. The fraction of sp³-hybridized carbons (Fsp3) is 0.750. The second kappa shape index (κ2) is 26.1. The van der Waals surface area contributed by atoms with E-state index in [2.05, 4.69) is 37.3 Å². The summed E-state index contributed by atoms with van der Waals surface area (Å²) in [5.41, 5.74) is 1.50. The Balaban J connectivity index is -0.000000526. The zero-order valence-electron chi connectivity index (χ0n) is 20.2. The zero-order chi connectivity index (χ0) is 20.7. The molecular formula is C24H46NNaO3. The number of aryl methyl sites for hydroxylation is 1. The molecule has 166 valence electrons. The van der Waals surface area contributed by atoms with Crippen LogP contribution in [0.5, 0.6) is 0 Å². The average Bonchev–Trinajstić information content (AvgIpc) is 2.71. The van der Waals surface area contributed by atoms with Crippen LogP contribution >= 0.6 is 0 Å². The predicted octanol–water partition coefficient (Wildman–Crippen LogP) is 1.53. The standard InChI is InChI=1S/C18H30.C6H15NO3.Na.H/c1-2-3-4-5-6-7-8-9-10-12-15-18-16-13-11-14-17-18;8-4-1-7(2-5-9)3-6-10;;/h11,13-14,16-17H,2-10,12,15H2,1H3;8-10H,1-6H2;;/q;;+1;-1. The number of aliphatic hydroxyl groups is 3. The van der Waals surface area contributed by atoms with Crippen LogP contribution in [0, 0.1) is 0 Å². The van der Waals surface area contributed by atoms with Crippen LogP contribution in [-0.4, -0.2) is 59.7 Å². The molecule has 1 rings (SSSR count). The molecule has 0 saturated heterocycles. The molecule has 0 bridgehead atoms. The third kappa shape index (κ3) is 22.6. The van der Waals surface area contributed by atoms with Crippen molar-refractivity contribution in [2.75, 3.05) is 39.5 Å². The van der Waals surface area contributed by atoms with Gasteiger partial charge in [0.25, 0.3) is 0 Å². The Labute approximate surface area is 203 Å². The maximum absolute atomic E-state index is 8.48. The Hall–Kier alpha value is 0.0600. The topological polar surface area (TPSA) is 63.9 Å². The molecule has 0 spiro atoms. The van der Waals surface area contributed by atoms with Crippen molar-refractivity contribution < 1.29 is 46.3 Å². The largest absolute Gasteiger partial charge is 1.00 e. The number of benzene rings is 1. The molecule has 29 heavy (non-hydrogen) atoms. The average molecular weight is 420 g/mol. The molecule has 0 radical (unpaired) electrons. The zero-order valence-corrected chi connectivity index (χ0v) is 21.2. The van der Waals surface area contributed by atoms with Crippen molar-refractivity contribution in [1.82, 2.24) is 4.90 Å². The van der Waals surface area contributed by atoms with E-state index in [-0.39, 0.29) is 50.8 Å².